The fourth-order valence-electron chi connectivity index (χ4n) is 2.50. The second-order valence-corrected chi connectivity index (χ2v) is 7.24. The lowest BCUT2D eigenvalue weighted by Gasteiger charge is -2.12. The monoisotopic (exact) mass is 424 g/mol. The van der Waals surface area contributed by atoms with Gasteiger partial charge in [-0.3, -0.25) is 4.79 Å². The molecule has 3 aromatic rings. The summed E-state index contributed by atoms with van der Waals surface area (Å²) in [5.74, 6) is -0.485. The van der Waals surface area contributed by atoms with Gasteiger partial charge in [0.1, 0.15) is 11.5 Å². The molecule has 0 aliphatic heterocycles. The van der Waals surface area contributed by atoms with Crippen molar-refractivity contribution in [2.75, 3.05) is 7.11 Å². The number of phenolic OH excluding ortho intramolecular Hbond substituents is 1. The first-order chi connectivity index (χ1) is 13.4. The van der Waals surface area contributed by atoms with Crippen molar-refractivity contribution in [3.05, 3.63) is 63.8 Å². The summed E-state index contributed by atoms with van der Waals surface area (Å²) in [5, 5.41) is 13.3. The average Bonchev–Trinajstić information content (AvgIpc) is 3.17. The molecule has 0 aliphatic rings. The molecule has 1 amide bonds. The number of ether oxygens (including phenoxy) is 1. The van der Waals surface area contributed by atoms with Crippen molar-refractivity contribution in [3.63, 3.8) is 0 Å². The van der Waals surface area contributed by atoms with E-state index in [4.69, 9.17) is 16.3 Å². The first-order valence-corrected chi connectivity index (χ1v) is 9.26. The molecule has 0 bridgehead atoms. The SMILES string of the molecule is COc1cc(-c2cnc(C(F)F)s2)c(O)cc1C(=O)NCc1ccc(Cl)cc1. The lowest BCUT2D eigenvalue weighted by Crippen LogP contribution is -2.23. The molecule has 2 aromatic carbocycles. The summed E-state index contributed by atoms with van der Waals surface area (Å²) in [6.45, 7) is 0.258. The highest BCUT2D eigenvalue weighted by atomic mass is 35.5. The van der Waals surface area contributed by atoms with Crippen LogP contribution in [0.15, 0.2) is 42.6 Å². The first kappa shape index (κ1) is 20.0. The van der Waals surface area contributed by atoms with Crippen molar-refractivity contribution in [1.82, 2.24) is 10.3 Å². The molecule has 0 aliphatic carbocycles. The summed E-state index contributed by atoms with van der Waals surface area (Å²) in [7, 11) is 1.38. The Morgan fingerprint density at radius 1 is 1.32 bits per heavy atom. The van der Waals surface area contributed by atoms with Crippen molar-refractivity contribution >= 4 is 28.8 Å². The summed E-state index contributed by atoms with van der Waals surface area (Å²) in [4.78, 5) is 16.5. The van der Waals surface area contributed by atoms with Gasteiger partial charge in [0.05, 0.1) is 17.6 Å². The highest BCUT2D eigenvalue weighted by molar-refractivity contribution is 7.15. The van der Waals surface area contributed by atoms with Gasteiger partial charge in [-0.1, -0.05) is 23.7 Å². The average molecular weight is 425 g/mol. The summed E-state index contributed by atoms with van der Waals surface area (Å²) in [6.07, 6.45) is -1.44. The van der Waals surface area contributed by atoms with Crippen LogP contribution in [0.3, 0.4) is 0 Å². The normalized spacial score (nSPS) is 10.9. The molecule has 2 N–H and O–H groups in total. The van der Waals surface area contributed by atoms with Gasteiger partial charge >= 0.3 is 0 Å². The number of aromatic hydroxyl groups is 1. The molecule has 0 radical (unpaired) electrons. The number of aromatic nitrogens is 1. The highest BCUT2D eigenvalue weighted by Gasteiger charge is 2.20. The standard InChI is InChI=1S/C19H15ClF2N2O3S/c1-27-15-7-12(16-9-24-19(28-16)17(21)22)14(25)6-13(15)18(26)23-8-10-2-4-11(20)5-3-10/h2-7,9,17,25H,8H2,1H3,(H,23,26). The number of thiazole rings is 1. The van der Waals surface area contributed by atoms with Crippen LogP contribution < -0.4 is 10.1 Å². The van der Waals surface area contributed by atoms with Crippen molar-refractivity contribution in [2.24, 2.45) is 0 Å². The van der Waals surface area contributed by atoms with E-state index < -0.39 is 12.3 Å². The molecule has 1 heterocycles. The quantitative estimate of drug-likeness (QED) is 0.581. The maximum absolute atomic E-state index is 12.8. The second-order valence-electron chi connectivity index (χ2n) is 5.74. The smallest absolute Gasteiger partial charge is 0.289 e. The molecule has 0 unspecified atom stereocenters. The number of rotatable bonds is 6. The zero-order valence-corrected chi connectivity index (χ0v) is 16.2. The predicted octanol–water partition coefficient (Wildman–Crippen LogP) is 5.05. The topological polar surface area (TPSA) is 71.5 Å². The largest absolute Gasteiger partial charge is 0.507 e. The number of hydrogen-bond acceptors (Lipinski definition) is 5. The summed E-state index contributed by atoms with van der Waals surface area (Å²) >= 11 is 6.60. The zero-order chi connectivity index (χ0) is 20.3. The van der Waals surface area contributed by atoms with E-state index >= 15 is 0 Å². The lowest BCUT2D eigenvalue weighted by atomic mass is 10.1. The molecule has 5 nitrogen and oxygen atoms in total. The maximum Gasteiger partial charge on any atom is 0.289 e. The number of hydrogen-bond donors (Lipinski definition) is 2. The van der Waals surface area contributed by atoms with Gasteiger partial charge < -0.3 is 15.2 Å². The Morgan fingerprint density at radius 3 is 2.64 bits per heavy atom. The van der Waals surface area contributed by atoms with Gasteiger partial charge in [0.25, 0.3) is 12.3 Å². The molecule has 0 fully saturated rings. The molecule has 0 spiro atoms. The summed E-state index contributed by atoms with van der Waals surface area (Å²) in [6, 6.07) is 9.66. The van der Waals surface area contributed by atoms with E-state index in [0.717, 1.165) is 16.9 Å². The predicted molar refractivity (Wildman–Crippen MR) is 103 cm³/mol. The van der Waals surface area contributed by atoms with Gasteiger partial charge in [-0.05, 0) is 29.8 Å². The maximum atomic E-state index is 12.8. The number of nitrogens with one attached hydrogen (secondary N) is 1. The van der Waals surface area contributed by atoms with Gasteiger partial charge in [-0.15, -0.1) is 11.3 Å². The van der Waals surface area contributed by atoms with Crippen molar-refractivity contribution in [1.29, 1.82) is 0 Å². The van der Waals surface area contributed by atoms with E-state index in [9.17, 15) is 18.7 Å². The molecule has 0 saturated heterocycles. The van der Waals surface area contributed by atoms with E-state index in [0.29, 0.717) is 9.90 Å². The Kier molecular flexibility index (Phi) is 6.11. The van der Waals surface area contributed by atoms with Crippen LogP contribution >= 0.6 is 22.9 Å². The van der Waals surface area contributed by atoms with Crippen molar-refractivity contribution < 1.29 is 23.4 Å². The first-order valence-electron chi connectivity index (χ1n) is 8.07. The van der Waals surface area contributed by atoms with Gasteiger partial charge in [0.15, 0.2) is 5.01 Å². The fourth-order valence-corrected chi connectivity index (χ4v) is 3.43. The molecule has 3 rings (SSSR count). The third kappa shape index (κ3) is 4.40. The van der Waals surface area contributed by atoms with E-state index in [-0.39, 0.29) is 34.2 Å². The number of nitrogens with zero attached hydrogens (tertiary/aromatic N) is 1. The van der Waals surface area contributed by atoms with Crippen LogP contribution in [0.1, 0.15) is 27.4 Å². The number of halogens is 3. The fraction of sp³-hybridized carbons (Fsp3) is 0.158. The number of phenols is 1. The highest BCUT2D eigenvalue weighted by Crippen LogP contribution is 2.39. The van der Waals surface area contributed by atoms with Crippen LogP contribution in [-0.4, -0.2) is 23.1 Å². The van der Waals surface area contributed by atoms with Crippen LogP contribution in [0.25, 0.3) is 10.4 Å². The molecule has 9 heteroatoms. The lowest BCUT2D eigenvalue weighted by molar-refractivity contribution is 0.0947. The summed E-state index contributed by atoms with van der Waals surface area (Å²) in [5.41, 5.74) is 1.23. The van der Waals surface area contributed by atoms with Gasteiger partial charge in [0.2, 0.25) is 0 Å². The Balaban J connectivity index is 1.83. The number of methoxy groups -OCH3 is 1. The molecule has 0 atom stereocenters. The van der Waals surface area contributed by atoms with Crippen LogP contribution in [0, 0.1) is 0 Å². The van der Waals surface area contributed by atoms with E-state index in [1.165, 1.54) is 25.4 Å². The minimum absolute atomic E-state index is 0.122. The van der Waals surface area contributed by atoms with E-state index in [1.807, 2.05) is 0 Å². The third-order valence-corrected chi connectivity index (χ3v) is 5.19. The third-order valence-electron chi connectivity index (χ3n) is 3.90. The van der Waals surface area contributed by atoms with E-state index in [1.54, 1.807) is 24.3 Å². The minimum atomic E-state index is -2.69. The number of benzene rings is 2. The number of carbonyl (C=O) groups excluding carboxylic acids is 1. The zero-order valence-electron chi connectivity index (χ0n) is 14.6. The van der Waals surface area contributed by atoms with Crippen LogP contribution in [-0.2, 0) is 6.54 Å². The Hall–Kier alpha value is -2.71. The molecular formula is C19H15ClF2N2O3S. The van der Waals surface area contributed by atoms with E-state index in [2.05, 4.69) is 10.3 Å². The molecule has 28 heavy (non-hydrogen) atoms. The number of amides is 1. The number of carbonyl (C=O) groups is 1. The van der Waals surface area contributed by atoms with Gasteiger partial charge in [0, 0.05) is 23.3 Å². The van der Waals surface area contributed by atoms with Crippen molar-refractivity contribution in [2.45, 2.75) is 13.0 Å². The number of alkyl halides is 2. The van der Waals surface area contributed by atoms with Crippen LogP contribution in [0.4, 0.5) is 8.78 Å². The molecule has 0 saturated carbocycles. The van der Waals surface area contributed by atoms with Crippen LogP contribution in [0.5, 0.6) is 11.5 Å². The summed E-state index contributed by atoms with van der Waals surface area (Å²) < 4.78 is 30.8. The Morgan fingerprint density at radius 2 is 2.04 bits per heavy atom. The van der Waals surface area contributed by atoms with Crippen LogP contribution in [0.2, 0.25) is 5.02 Å². The van der Waals surface area contributed by atoms with Gasteiger partial charge in [-0.25, -0.2) is 13.8 Å². The molecule has 1 aromatic heterocycles. The molecular weight excluding hydrogens is 410 g/mol. The molecule has 146 valence electrons. The van der Waals surface area contributed by atoms with Gasteiger partial charge in [-0.2, -0.15) is 0 Å². The van der Waals surface area contributed by atoms with Crippen molar-refractivity contribution in [3.8, 4) is 21.9 Å². The second kappa shape index (κ2) is 8.53. The minimum Gasteiger partial charge on any atom is -0.507 e. The Bertz CT molecular complexity index is 993. The Labute approximate surface area is 168 Å².